The smallest absolute Gasteiger partial charge is 0.248 e. The normalized spacial score (nSPS) is 20.5. The highest BCUT2D eigenvalue weighted by molar-refractivity contribution is 9.10. The molecule has 4 rings (SSSR count). The van der Waals surface area contributed by atoms with E-state index in [0.29, 0.717) is 25.7 Å². The first kappa shape index (κ1) is 21.8. The number of aryl methyl sites for hydroxylation is 1. The molecule has 0 radical (unpaired) electrons. The van der Waals surface area contributed by atoms with Crippen LogP contribution < -0.4 is 10.6 Å². The lowest BCUT2D eigenvalue weighted by Gasteiger charge is -2.28. The Kier molecular flexibility index (Phi) is 6.78. The van der Waals surface area contributed by atoms with Crippen molar-refractivity contribution in [3.8, 4) is 0 Å². The summed E-state index contributed by atoms with van der Waals surface area (Å²) in [6.07, 6.45) is 6.36. The minimum Gasteiger partial charge on any atom is -0.353 e. The summed E-state index contributed by atoms with van der Waals surface area (Å²) < 4.78 is 30.2. The summed E-state index contributed by atoms with van der Waals surface area (Å²) in [5.41, 5.74) is 2.26. The number of halogens is 3. The largest absolute Gasteiger partial charge is 0.353 e. The summed E-state index contributed by atoms with van der Waals surface area (Å²) in [6, 6.07) is 6.47. The zero-order chi connectivity index (χ0) is 21.1. The van der Waals surface area contributed by atoms with Gasteiger partial charge in [0.1, 0.15) is 0 Å². The summed E-state index contributed by atoms with van der Waals surface area (Å²) >= 11 is 3.55. The fraction of sp³-hybridized carbons (Fsp3) is 0.609. The number of amides is 1. The number of fused-ring (bicyclic) bond motifs is 1. The lowest BCUT2D eigenvalue weighted by molar-refractivity contribution is -0.121. The fourth-order valence-corrected chi connectivity index (χ4v) is 5.13. The Labute approximate surface area is 184 Å². The number of hydrogen-bond donors (Lipinski definition) is 2. The predicted molar refractivity (Wildman–Crippen MR) is 119 cm³/mol. The molecule has 2 aliphatic rings. The number of hydrogen-bond acceptors (Lipinski definition) is 2. The van der Waals surface area contributed by atoms with Crippen molar-refractivity contribution >= 4 is 32.7 Å². The van der Waals surface area contributed by atoms with Gasteiger partial charge in [-0.15, -0.1) is 0 Å². The number of benzene rings is 1. The van der Waals surface area contributed by atoms with E-state index in [1.165, 1.54) is 0 Å². The molecule has 164 valence electrons. The van der Waals surface area contributed by atoms with E-state index in [4.69, 9.17) is 0 Å². The van der Waals surface area contributed by atoms with Crippen LogP contribution >= 0.6 is 15.9 Å². The second-order valence-electron chi connectivity index (χ2n) is 8.86. The first-order chi connectivity index (χ1) is 14.4. The lowest BCUT2D eigenvalue weighted by Crippen LogP contribution is -2.42. The van der Waals surface area contributed by atoms with Crippen LogP contribution in [0.15, 0.2) is 28.9 Å². The number of piperidine rings is 1. The monoisotopic (exact) mass is 481 g/mol. The number of nitrogens with one attached hydrogen (secondary N) is 2. The summed E-state index contributed by atoms with van der Waals surface area (Å²) in [4.78, 5) is 12.5. The van der Waals surface area contributed by atoms with Gasteiger partial charge in [-0.05, 0) is 74.9 Å². The van der Waals surface area contributed by atoms with E-state index in [1.54, 1.807) is 0 Å². The predicted octanol–water partition coefficient (Wildman–Crippen LogP) is 5.03. The van der Waals surface area contributed by atoms with Gasteiger partial charge in [-0.1, -0.05) is 15.9 Å². The first-order valence-corrected chi connectivity index (χ1v) is 11.8. The van der Waals surface area contributed by atoms with Gasteiger partial charge >= 0.3 is 0 Å². The molecule has 30 heavy (non-hydrogen) atoms. The molecule has 7 heteroatoms. The molecule has 2 aromatic rings. The highest BCUT2D eigenvalue weighted by Crippen LogP contribution is 2.37. The van der Waals surface area contributed by atoms with Crippen molar-refractivity contribution in [2.75, 3.05) is 13.1 Å². The maximum atomic E-state index is 13.5. The maximum absolute atomic E-state index is 13.5. The van der Waals surface area contributed by atoms with E-state index in [9.17, 15) is 13.6 Å². The molecular weight excluding hydrogens is 452 g/mol. The Morgan fingerprint density at radius 2 is 1.93 bits per heavy atom. The Morgan fingerprint density at radius 1 is 1.20 bits per heavy atom. The van der Waals surface area contributed by atoms with Crippen molar-refractivity contribution in [3.63, 3.8) is 0 Å². The van der Waals surface area contributed by atoms with E-state index in [0.717, 1.165) is 53.4 Å². The molecule has 1 aliphatic heterocycles. The quantitative estimate of drug-likeness (QED) is 0.607. The van der Waals surface area contributed by atoms with E-state index in [1.807, 2.05) is 6.07 Å². The van der Waals surface area contributed by atoms with Gasteiger partial charge in [0.05, 0.1) is 0 Å². The SMILES string of the molecule is O=C(CCc1cn(CC2CCC(F)(F)CC2)c2ccc(Br)cc12)NC1CCNCC1. The van der Waals surface area contributed by atoms with Gasteiger partial charge in [-0.2, -0.15) is 0 Å². The summed E-state index contributed by atoms with van der Waals surface area (Å²) in [5, 5.41) is 7.61. The minimum atomic E-state index is -2.49. The third-order valence-corrected chi connectivity index (χ3v) is 7.04. The highest BCUT2D eigenvalue weighted by Gasteiger charge is 2.35. The molecule has 2 N–H and O–H groups in total. The molecule has 0 bridgehead atoms. The molecule has 0 atom stereocenters. The Morgan fingerprint density at radius 3 is 2.67 bits per heavy atom. The van der Waals surface area contributed by atoms with E-state index < -0.39 is 5.92 Å². The molecule has 4 nitrogen and oxygen atoms in total. The minimum absolute atomic E-state index is 0.00781. The lowest BCUT2D eigenvalue weighted by atomic mass is 9.87. The molecule has 2 fully saturated rings. The van der Waals surface area contributed by atoms with Gasteiger partial charge in [0.2, 0.25) is 11.8 Å². The third kappa shape index (κ3) is 5.41. The van der Waals surface area contributed by atoms with E-state index in [-0.39, 0.29) is 30.7 Å². The molecule has 1 aliphatic carbocycles. The second kappa shape index (κ2) is 9.35. The van der Waals surface area contributed by atoms with Crippen LogP contribution in [0.25, 0.3) is 10.9 Å². The van der Waals surface area contributed by atoms with Crippen LogP contribution in [0, 0.1) is 5.92 Å². The molecule has 1 amide bonds. The van der Waals surface area contributed by atoms with E-state index in [2.05, 4.69) is 49.5 Å². The topological polar surface area (TPSA) is 46.1 Å². The highest BCUT2D eigenvalue weighted by atomic mass is 79.9. The fourth-order valence-electron chi connectivity index (χ4n) is 4.77. The number of carbonyl (C=O) groups excluding carboxylic acids is 1. The number of aromatic nitrogens is 1. The average Bonchev–Trinajstić information content (AvgIpc) is 3.05. The third-order valence-electron chi connectivity index (χ3n) is 6.54. The number of carbonyl (C=O) groups is 1. The average molecular weight is 482 g/mol. The van der Waals surface area contributed by atoms with Crippen molar-refractivity contribution < 1.29 is 13.6 Å². The molecular formula is C23H30BrF2N3O. The Hall–Kier alpha value is -1.47. The number of nitrogens with zero attached hydrogens (tertiary/aromatic N) is 1. The Bertz CT molecular complexity index is 882. The summed E-state index contributed by atoms with van der Waals surface area (Å²) in [6.45, 7) is 2.68. The van der Waals surface area contributed by atoms with Gasteiger partial charge in [0.15, 0.2) is 0 Å². The van der Waals surface area contributed by atoms with Gasteiger partial charge in [-0.3, -0.25) is 4.79 Å². The number of alkyl halides is 2. The van der Waals surface area contributed by atoms with Gasteiger partial charge in [-0.25, -0.2) is 8.78 Å². The molecule has 1 saturated carbocycles. The van der Waals surface area contributed by atoms with Crippen molar-refractivity contribution in [1.29, 1.82) is 0 Å². The zero-order valence-corrected chi connectivity index (χ0v) is 18.8. The first-order valence-electron chi connectivity index (χ1n) is 11.0. The maximum Gasteiger partial charge on any atom is 0.248 e. The molecule has 0 spiro atoms. The summed E-state index contributed by atoms with van der Waals surface area (Å²) in [5.74, 6) is -2.11. The number of rotatable bonds is 6. The van der Waals surface area contributed by atoms with Crippen LogP contribution in [0.5, 0.6) is 0 Å². The molecule has 2 heterocycles. The van der Waals surface area contributed by atoms with Crippen LogP contribution in [-0.2, 0) is 17.8 Å². The Balaban J connectivity index is 1.43. The van der Waals surface area contributed by atoms with Gasteiger partial charge in [0.25, 0.3) is 0 Å². The standard InChI is InChI=1S/C23H30BrF2N3O/c24-18-2-3-21-20(13-18)17(1-4-22(30)28-19-7-11-27-12-8-19)15-29(21)14-16-5-9-23(25,26)10-6-16/h2-3,13,15-16,19,27H,1,4-12,14H2,(H,28,30). The molecule has 1 saturated heterocycles. The van der Waals surface area contributed by atoms with Crippen LogP contribution in [-0.4, -0.2) is 35.5 Å². The van der Waals surface area contributed by atoms with Crippen molar-refractivity contribution in [1.82, 2.24) is 15.2 Å². The molecule has 1 aromatic carbocycles. The second-order valence-corrected chi connectivity index (χ2v) is 9.77. The van der Waals surface area contributed by atoms with Crippen LogP contribution in [0.4, 0.5) is 8.78 Å². The molecule has 1 aromatic heterocycles. The van der Waals surface area contributed by atoms with Gasteiger partial charge in [0, 0.05) is 53.4 Å². The van der Waals surface area contributed by atoms with Crippen molar-refractivity contribution in [2.45, 2.75) is 69.9 Å². The van der Waals surface area contributed by atoms with Crippen LogP contribution in [0.2, 0.25) is 0 Å². The van der Waals surface area contributed by atoms with Crippen LogP contribution in [0.3, 0.4) is 0 Å². The van der Waals surface area contributed by atoms with Crippen LogP contribution in [0.1, 0.15) is 50.5 Å². The van der Waals surface area contributed by atoms with Crippen molar-refractivity contribution in [2.24, 2.45) is 5.92 Å². The summed E-state index contributed by atoms with van der Waals surface area (Å²) in [7, 11) is 0. The van der Waals surface area contributed by atoms with Gasteiger partial charge < -0.3 is 15.2 Å². The van der Waals surface area contributed by atoms with E-state index >= 15 is 0 Å². The molecule has 0 unspecified atom stereocenters. The zero-order valence-electron chi connectivity index (χ0n) is 17.2. The van der Waals surface area contributed by atoms with Crippen molar-refractivity contribution in [3.05, 3.63) is 34.4 Å².